The summed E-state index contributed by atoms with van der Waals surface area (Å²) in [6.45, 7) is 1.82. The van der Waals surface area contributed by atoms with Gasteiger partial charge in [-0.15, -0.1) is 0 Å². The lowest BCUT2D eigenvalue weighted by Gasteiger charge is -2.19. The van der Waals surface area contributed by atoms with Gasteiger partial charge in [-0.2, -0.15) is 0 Å². The molecule has 1 heterocycles. The monoisotopic (exact) mass is 236 g/mol. The summed E-state index contributed by atoms with van der Waals surface area (Å²) in [5, 5.41) is 12.0. The molecule has 2 nitrogen and oxygen atoms in total. The van der Waals surface area contributed by atoms with Crippen molar-refractivity contribution in [1.82, 2.24) is 0 Å². The van der Waals surface area contributed by atoms with Crippen LogP contribution in [0.2, 0.25) is 5.02 Å². The molecule has 1 aliphatic carbocycles. The van der Waals surface area contributed by atoms with Gasteiger partial charge >= 0.3 is 0 Å². The second kappa shape index (κ2) is 3.25. The zero-order valence-electron chi connectivity index (χ0n) is 9.03. The Balaban J connectivity index is 2.11. The number of hydrogen-bond acceptors (Lipinski definition) is 2. The van der Waals surface area contributed by atoms with Gasteiger partial charge in [0, 0.05) is 10.4 Å². The Labute approximate surface area is 98.8 Å². The van der Waals surface area contributed by atoms with Gasteiger partial charge in [0.1, 0.15) is 16.9 Å². The molecule has 0 bridgehead atoms. The molecule has 84 valence electrons. The predicted molar refractivity (Wildman–Crippen MR) is 63.5 cm³/mol. The minimum Gasteiger partial charge on any atom is -0.458 e. The van der Waals surface area contributed by atoms with E-state index in [1.54, 1.807) is 6.07 Å². The maximum Gasteiger partial charge on any atom is 0.136 e. The smallest absolute Gasteiger partial charge is 0.136 e. The van der Waals surface area contributed by atoms with Gasteiger partial charge in [-0.05, 0) is 49.9 Å². The Morgan fingerprint density at radius 2 is 2.12 bits per heavy atom. The summed E-state index contributed by atoms with van der Waals surface area (Å²) in [5.41, 5.74) is -0.0637. The first-order valence-electron chi connectivity index (χ1n) is 5.49. The van der Waals surface area contributed by atoms with Crippen molar-refractivity contribution in [2.75, 3.05) is 0 Å². The van der Waals surface area contributed by atoms with Crippen molar-refractivity contribution in [2.24, 2.45) is 5.92 Å². The molecule has 2 aromatic rings. The fraction of sp³-hybridized carbons (Fsp3) is 0.385. The van der Waals surface area contributed by atoms with Gasteiger partial charge in [-0.1, -0.05) is 11.6 Å². The molecule has 16 heavy (non-hydrogen) atoms. The Hall–Kier alpha value is -0.990. The van der Waals surface area contributed by atoms with Gasteiger partial charge in [-0.25, -0.2) is 0 Å². The molecule has 1 saturated carbocycles. The summed E-state index contributed by atoms with van der Waals surface area (Å²) in [4.78, 5) is 0. The minimum atomic E-state index is -0.842. The molecule has 1 N–H and O–H groups in total. The van der Waals surface area contributed by atoms with Crippen molar-refractivity contribution in [3.05, 3.63) is 35.0 Å². The summed E-state index contributed by atoms with van der Waals surface area (Å²) in [6.07, 6.45) is 2.15. The Kier molecular flexibility index (Phi) is 2.07. The maximum absolute atomic E-state index is 10.4. The maximum atomic E-state index is 10.4. The summed E-state index contributed by atoms with van der Waals surface area (Å²) < 4.78 is 5.68. The van der Waals surface area contributed by atoms with Crippen LogP contribution < -0.4 is 0 Å². The van der Waals surface area contributed by atoms with Crippen molar-refractivity contribution in [3.8, 4) is 0 Å². The molecule has 3 heteroatoms. The fourth-order valence-corrected chi connectivity index (χ4v) is 2.29. The fourth-order valence-electron chi connectivity index (χ4n) is 2.11. The van der Waals surface area contributed by atoms with E-state index >= 15 is 0 Å². The average Bonchev–Trinajstić information content (AvgIpc) is 2.99. The van der Waals surface area contributed by atoms with Crippen molar-refractivity contribution >= 4 is 22.6 Å². The van der Waals surface area contributed by atoms with Crippen LogP contribution in [-0.4, -0.2) is 5.11 Å². The number of hydrogen-bond donors (Lipinski definition) is 1. The lowest BCUT2D eigenvalue weighted by Crippen LogP contribution is -2.22. The molecule has 3 rings (SSSR count). The average molecular weight is 237 g/mol. The first-order chi connectivity index (χ1) is 7.57. The third-order valence-electron chi connectivity index (χ3n) is 3.35. The van der Waals surface area contributed by atoms with Crippen LogP contribution in [0.3, 0.4) is 0 Å². The van der Waals surface area contributed by atoms with E-state index in [4.69, 9.17) is 16.0 Å². The molecule has 0 spiro atoms. The highest BCUT2D eigenvalue weighted by atomic mass is 35.5. The van der Waals surface area contributed by atoms with E-state index in [0.29, 0.717) is 16.7 Å². The number of fused-ring (bicyclic) bond motifs is 1. The van der Waals surface area contributed by atoms with Crippen LogP contribution >= 0.6 is 11.6 Å². The van der Waals surface area contributed by atoms with Crippen LogP contribution in [0.5, 0.6) is 0 Å². The molecule has 0 radical (unpaired) electrons. The lowest BCUT2D eigenvalue weighted by atomic mass is 9.97. The number of benzene rings is 1. The molecule has 1 atom stereocenters. The first-order valence-corrected chi connectivity index (χ1v) is 5.87. The predicted octanol–water partition coefficient (Wildman–Crippen LogP) is 3.70. The molecular formula is C13H13ClO2. The molecule has 0 aliphatic heterocycles. The van der Waals surface area contributed by atoms with E-state index in [1.807, 2.05) is 25.1 Å². The molecule has 1 aliphatic rings. The van der Waals surface area contributed by atoms with Crippen LogP contribution in [0.1, 0.15) is 25.5 Å². The van der Waals surface area contributed by atoms with Gasteiger partial charge in [0.25, 0.3) is 0 Å². The zero-order valence-corrected chi connectivity index (χ0v) is 9.79. The Morgan fingerprint density at radius 3 is 2.81 bits per heavy atom. The Bertz CT molecular complexity index is 538. The second-order valence-electron chi connectivity index (χ2n) is 4.71. The summed E-state index contributed by atoms with van der Waals surface area (Å²) >= 11 is 5.91. The Morgan fingerprint density at radius 1 is 1.38 bits per heavy atom. The largest absolute Gasteiger partial charge is 0.458 e. The zero-order chi connectivity index (χ0) is 11.3. The van der Waals surface area contributed by atoms with Gasteiger partial charge in [-0.3, -0.25) is 0 Å². The summed E-state index contributed by atoms with van der Waals surface area (Å²) in [5.74, 6) is 0.982. The van der Waals surface area contributed by atoms with Crippen molar-refractivity contribution in [3.63, 3.8) is 0 Å². The molecule has 1 aromatic heterocycles. The van der Waals surface area contributed by atoms with Gasteiger partial charge in [0.2, 0.25) is 0 Å². The van der Waals surface area contributed by atoms with E-state index in [0.717, 1.165) is 23.8 Å². The van der Waals surface area contributed by atoms with E-state index in [1.165, 1.54) is 0 Å². The van der Waals surface area contributed by atoms with Crippen LogP contribution in [0.4, 0.5) is 0 Å². The quantitative estimate of drug-likeness (QED) is 0.863. The van der Waals surface area contributed by atoms with E-state index in [9.17, 15) is 5.11 Å². The molecule has 0 amide bonds. The van der Waals surface area contributed by atoms with Gasteiger partial charge < -0.3 is 9.52 Å². The standard InChI is InChI=1S/C13H13ClO2/c1-13(15,9-2-3-9)12-7-8-6-10(14)4-5-11(8)16-12/h4-7,9,15H,2-3H2,1H3. The van der Waals surface area contributed by atoms with Gasteiger partial charge in [0.15, 0.2) is 0 Å². The normalized spacial score (nSPS) is 19.9. The lowest BCUT2D eigenvalue weighted by molar-refractivity contribution is 0.0127. The third kappa shape index (κ3) is 1.53. The number of aliphatic hydroxyl groups is 1. The van der Waals surface area contributed by atoms with Crippen LogP contribution in [-0.2, 0) is 5.60 Å². The number of rotatable bonds is 2. The molecule has 1 aromatic carbocycles. The van der Waals surface area contributed by atoms with E-state index in [2.05, 4.69) is 0 Å². The van der Waals surface area contributed by atoms with E-state index in [-0.39, 0.29) is 0 Å². The SMILES string of the molecule is CC(O)(c1cc2cc(Cl)ccc2o1)C1CC1. The number of halogens is 1. The van der Waals surface area contributed by atoms with Gasteiger partial charge in [0.05, 0.1) is 0 Å². The highest BCUT2D eigenvalue weighted by Crippen LogP contribution is 2.46. The van der Waals surface area contributed by atoms with Crippen molar-refractivity contribution in [1.29, 1.82) is 0 Å². The van der Waals surface area contributed by atoms with Crippen molar-refractivity contribution < 1.29 is 9.52 Å². The third-order valence-corrected chi connectivity index (χ3v) is 3.58. The summed E-state index contributed by atoms with van der Waals surface area (Å²) in [6, 6.07) is 7.37. The molecule has 1 unspecified atom stereocenters. The topological polar surface area (TPSA) is 33.4 Å². The van der Waals surface area contributed by atoms with Crippen molar-refractivity contribution in [2.45, 2.75) is 25.4 Å². The highest BCUT2D eigenvalue weighted by Gasteiger charge is 2.43. The molecule has 1 fully saturated rings. The summed E-state index contributed by atoms with van der Waals surface area (Å²) in [7, 11) is 0. The second-order valence-corrected chi connectivity index (χ2v) is 5.15. The first kappa shape index (κ1) is 10.2. The highest BCUT2D eigenvalue weighted by molar-refractivity contribution is 6.31. The van der Waals surface area contributed by atoms with E-state index < -0.39 is 5.60 Å². The van der Waals surface area contributed by atoms with Crippen LogP contribution in [0.15, 0.2) is 28.7 Å². The van der Waals surface area contributed by atoms with Crippen LogP contribution in [0, 0.1) is 5.92 Å². The minimum absolute atomic E-state index is 0.337. The van der Waals surface area contributed by atoms with Crippen LogP contribution in [0.25, 0.3) is 11.0 Å². The molecular weight excluding hydrogens is 224 g/mol. The molecule has 0 saturated heterocycles. The number of furan rings is 1.